The van der Waals surface area contributed by atoms with E-state index in [9.17, 15) is 4.79 Å². The third-order valence-corrected chi connectivity index (χ3v) is 2.10. The molecule has 0 amide bonds. The molecule has 0 saturated heterocycles. The summed E-state index contributed by atoms with van der Waals surface area (Å²) in [5.41, 5.74) is 0.672. The zero-order valence-corrected chi connectivity index (χ0v) is 8.53. The van der Waals surface area contributed by atoms with Gasteiger partial charge in [-0.25, -0.2) is 0 Å². The summed E-state index contributed by atoms with van der Waals surface area (Å²) in [6.07, 6.45) is 1.38. The predicted molar refractivity (Wildman–Crippen MR) is 52.2 cm³/mol. The quantitative estimate of drug-likeness (QED) is 0.637. The molecule has 0 radical (unpaired) electrons. The number of nitrogens with one attached hydrogen (secondary N) is 1. The van der Waals surface area contributed by atoms with E-state index in [1.807, 2.05) is 20.8 Å². The van der Waals surface area contributed by atoms with Gasteiger partial charge in [-0.3, -0.25) is 4.79 Å². The Hall–Kier alpha value is -0.630. The Balaban J connectivity index is 3.96. The minimum Gasteiger partial charge on any atom is -0.308 e. The first-order valence-corrected chi connectivity index (χ1v) is 4.26. The van der Waals surface area contributed by atoms with Crippen LogP contribution in [-0.4, -0.2) is 18.4 Å². The van der Waals surface area contributed by atoms with Crippen LogP contribution in [0, 0.1) is 0 Å². The number of carbonyl (C=O) groups excluding carboxylic acids is 1. The second-order valence-corrected chi connectivity index (χ2v) is 3.76. The fraction of sp³-hybridized carbons (Fsp3) is 0.700. The van der Waals surface area contributed by atoms with E-state index in [1.165, 1.54) is 0 Å². The van der Waals surface area contributed by atoms with Gasteiger partial charge in [-0.05, 0) is 34.2 Å². The molecule has 1 N–H and O–H groups in total. The molecule has 0 bridgehead atoms. The van der Waals surface area contributed by atoms with E-state index in [2.05, 4.69) is 11.9 Å². The average Bonchev–Trinajstić information content (AvgIpc) is 2.00. The van der Waals surface area contributed by atoms with Gasteiger partial charge in [-0.15, -0.1) is 6.58 Å². The van der Waals surface area contributed by atoms with E-state index in [4.69, 9.17) is 0 Å². The molecule has 0 aromatic rings. The van der Waals surface area contributed by atoms with E-state index in [0.29, 0.717) is 6.42 Å². The molecule has 0 fully saturated rings. The molecule has 0 aliphatic rings. The van der Waals surface area contributed by atoms with Crippen LogP contribution in [0.3, 0.4) is 0 Å². The molecule has 0 atom stereocenters. The Morgan fingerprint density at radius 2 is 1.92 bits per heavy atom. The molecule has 0 aliphatic carbocycles. The molecule has 0 heterocycles. The van der Waals surface area contributed by atoms with Crippen LogP contribution in [0.15, 0.2) is 12.2 Å². The van der Waals surface area contributed by atoms with Crippen LogP contribution in [0.5, 0.6) is 0 Å². The van der Waals surface area contributed by atoms with Crippen molar-refractivity contribution in [1.29, 1.82) is 0 Å². The summed E-state index contributed by atoms with van der Waals surface area (Å²) in [4.78, 5) is 11.5. The van der Waals surface area contributed by atoms with Gasteiger partial charge in [0.2, 0.25) is 0 Å². The highest BCUT2D eigenvalue weighted by molar-refractivity contribution is 5.87. The summed E-state index contributed by atoms with van der Waals surface area (Å²) < 4.78 is 0. The Morgan fingerprint density at radius 1 is 1.42 bits per heavy atom. The molecule has 0 spiro atoms. The Labute approximate surface area is 75.0 Å². The van der Waals surface area contributed by atoms with E-state index in [0.717, 1.165) is 12.0 Å². The predicted octanol–water partition coefficient (Wildman–Crippen LogP) is 1.91. The summed E-state index contributed by atoms with van der Waals surface area (Å²) in [6, 6.07) is 0. The second kappa shape index (κ2) is 4.41. The molecule has 0 saturated carbocycles. The molecule has 12 heavy (non-hydrogen) atoms. The van der Waals surface area contributed by atoms with Gasteiger partial charge in [0.15, 0.2) is 5.78 Å². The van der Waals surface area contributed by atoms with Crippen LogP contribution in [0.4, 0.5) is 0 Å². The molecule has 2 heteroatoms. The molecule has 0 aliphatic heterocycles. The number of ketones is 1. The largest absolute Gasteiger partial charge is 0.308 e. The van der Waals surface area contributed by atoms with Crippen molar-refractivity contribution in [3.8, 4) is 0 Å². The summed E-state index contributed by atoms with van der Waals surface area (Å²) in [5.74, 6) is 0.244. The molecular formula is C10H19NO. The standard InChI is InChI=1S/C10H19NO/c1-8(2)6-7-9(12)10(3,4)11-5/h11H,1,6-7H2,2-5H3. The Bertz CT molecular complexity index is 182. The van der Waals surface area contributed by atoms with Gasteiger partial charge < -0.3 is 5.32 Å². The fourth-order valence-electron chi connectivity index (χ4n) is 0.779. The van der Waals surface area contributed by atoms with Gasteiger partial charge in [0.1, 0.15) is 0 Å². The lowest BCUT2D eigenvalue weighted by Crippen LogP contribution is -2.44. The number of Topliss-reactive ketones (excluding diaryl/α,β-unsaturated/α-hetero) is 1. The monoisotopic (exact) mass is 169 g/mol. The minimum absolute atomic E-state index is 0.244. The first-order chi connectivity index (χ1) is 5.40. The number of rotatable bonds is 5. The van der Waals surface area contributed by atoms with E-state index in [-0.39, 0.29) is 5.78 Å². The Morgan fingerprint density at radius 3 is 2.25 bits per heavy atom. The van der Waals surface area contributed by atoms with E-state index >= 15 is 0 Å². The van der Waals surface area contributed by atoms with Crippen LogP contribution in [0.1, 0.15) is 33.6 Å². The topological polar surface area (TPSA) is 29.1 Å². The van der Waals surface area contributed by atoms with Crippen molar-refractivity contribution in [3.63, 3.8) is 0 Å². The molecule has 70 valence electrons. The lowest BCUT2D eigenvalue weighted by Gasteiger charge is -2.22. The highest BCUT2D eigenvalue weighted by Gasteiger charge is 2.23. The maximum absolute atomic E-state index is 11.5. The minimum atomic E-state index is -0.393. The third-order valence-electron chi connectivity index (χ3n) is 2.10. The van der Waals surface area contributed by atoms with E-state index in [1.54, 1.807) is 7.05 Å². The lowest BCUT2D eigenvalue weighted by atomic mass is 9.95. The average molecular weight is 169 g/mol. The summed E-state index contributed by atoms with van der Waals surface area (Å²) in [7, 11) is 1.80. The van der Waals surface area contributed by atoms with Gasteiger partial charge in [-0.2, -0.15) is 0 Å². The fourth-order valence-corrected chi connectivity index (χ4v) is 0.779. The molecule has 0 aromatic carbocycles. The number of allylic oxidation sites excluding steroid dienone is 1. The SMILES string of the molecule is C=C(C)CCC(=O)C(C)(C)NC. The van der Waals surface area contributed by atoms with Gasteiger partial charge in [0.05, 0.1) is 5.54 Å². The van der Waals surface area contributed by atoms with Crippen LogP contribution < -0.4 is 5.32 Å². The van der Waals surface area contributed by atoms with Crippen molar-refractivity contribution in [2.24, 2.45) is 0 Å². The maximum Gasteiger partial charge on any atom is 0.152 e. The third kappa shape index (κ3) is 3.67. The van der Waals surface area contributed by atoms with Gasteiger partial charge in [0, 0.05) is 6.42 Å². The van der Waals surface area contributed by atoms with Crippen LogP contribution in [0.2, 0.25) is 0 Å². The zero-order chi connectivity index (χ0) is 9.78. The molecular weight excluding hydrogens is 150 g/mol. The van der Waals surface area contributed by atoms with Crippen molar-refractivity contribution in [2.45, 2.75) is 39.2 Å². The molecule has 2 nitrogen and oxygen atoms in total. The summed E-state index contributed by atoms with van der Waals surface area (Å²) >= 11 is 0. The maximum atomic E-state index is 11.5. The van der Waals surface area contributed by atoms with Crippen LogP contribution in [0.25, 0.3) is 0 Å². The first kappa shape index (κ1) is 11.4. The van der Waals surface area contributed by atoms with Crippen molar-refractivity contribution < 1.29 is 4.79 Å². The normalized spacial score (nSPS) is 11.3. The summed E-state index contributed by atoms with van der Waals surface area (Å²) in [6.45, 7) is 9.50. The molecule has 0 aromatic heterocycles. The number of likely N-dealkylation sites (N-methyl/N-ethyl adjacent to an activating group) is 1. The molecule has 0 rings (SSSR count). The zero-order valence-electron chi connectivity index (χ0n) is 8.53. The number of hydrogen-bond acceptors (Lipinski definition) is 2. The van der Waals surface area contributed by atoms with Crippen molar-refractivity contribution in [3.05, 3.63) is 12.2 Å². The van der Waals surface area contributed by atoms with Crippen molar-refractivity contribution in [1.82, 2.24) is 5.32 Å². The summed E-state index contributed by atoms with van der Waals surface area (Å²) in [5, 5.41) is 2.99. The molecule has 0 unspecified atom stereocenters. The van der Waals surface area contributed by atoms with Gasteiger partial charge >= 0.3 is 0 Å². The van der Waals surface area contributed by atoms with Gasteiger partial charge in [-0.1, -0.05) is 5.57 Å². The van der Waals surface area contributed by atoms with Crippen LogP contribution >= 0.6 is 0 Å². The number of hydrogen-bond donors (Lipinski definition) is 1. The number of carbonyl (C=O) groups is 1. The van der Waals surface area contributed by atoms with Crippen molar-refractivity contribution >= 4 is 5.78 Å². The van der Waals surface area contributed by atoms with Crippen LogP contribution in [-0.2, 0) is 4.79 Å². The highest BCUT2D eigenvalue weighted by Crippen LogP contribution is 2.10. The first-order valence-electron chi connectivity index (χ1n) is 4.26. The second-order valence-electron chi connectivity index (χ2n) is 3.76. The highest BCUT2D eigenvalue weighted by atomic mass is 16.1. The Kier molecular flexibility index (Phi) is 4.18. The van der Waals surface area contributed by atoms with E-state index < -0.39 is 5.54 Å². The van der Waals surface area contributed by atoms with Crippen molar-refractivity contribution in [2.75, 3.05) is 7.05 Å². The van der Waals surface area contributed by atoms with Gasteiger partial charge in [0.25, 0.3) is 0 Å². The smallest absolute Gasteiger partial charge is 0.152 e. The lowest BCUT2D eigenvalue weighted by molar-refractivity contribution is -0.124.